The summed E-state index contributed by atoms with van der Waals surface area (Å²) in [5.74, 6) is 0.547. The molecule has 1 atom stereocenters. The Morgan fingerprint density at radius 3 is 2.71 bits per heavy atom. The Morgan fingerprint density at radius 1 is 1.18 bits per heavy atom. The Bertz CT molecular complexity index is 1010. The highest BCUT2D eigenvalue weighted by molar-refractivity contribution is 5.94. The van der Waals surface area contributed by atoms with E-state index in [-0.39, 0.29) is 12.5 Å². The molecule has 4 rings (SSSR count). The van der Waals surface area contributed by atoms with Crippen molar-refractivity contribution < 1.29 is 14.6 Å². The maximum atomic E-state index is 13.0. The van der Waals surface area contributed by atoms with Crippen molar-refractivity contribution in [2.75, 3.05) is 20.2 Å². The van der Waals surface area contributed by atoms with Crippen LogP contribution in [0.3, 0.4) is 0 Å². The van der Waals surface area contributed by atoms with Gasteiger partial charge < -0.3 is 14.7 Å². The zero-order valence-corrected chi connectivity index (χ0v) is 16.0. The number of likely N-dealkylation sites (tertiary alicyclic amines) is 1. The number of methoxy groups -OCH3 is 1. The van der Waals surface area contributed by atoms with E-state index in [0.717, 1.165) is 16.8 Å². The number of aryl methyl sites for hydroxylation is 1. The lowest BCUT2D eigenvalue weighted by atomic mass is 9.89. The number of hydrogen-bond acceptors (Lipinski definition) is 4. The summed E-state index contributed by atoms with van der Waals surface area (Å²) in [6.45, 7) is 2.76. The fraction of sp³-hybridized carbons (Fsp3) is 0.273. The average molecular weight is 377 g/mol. The third kappa shape index (κ3) is 3.16. The van der Waals surface area contributed by atoms with Crippen LogP contribution in [0, 0.1) is 6.92 Å². The number of β-amino-alcohol motifs (C(OH)–C–C–N with tert-alkyl or cyclic N) is 1. The van der Waals surface area contributed by atoms with E-state index in [1.807, 2.05) is 55.5 Å². The molecule has 3 aromatic rings. The van der Waals surface area contributed by atoms with E-state index in [0.29, 0.717) is 24.3 Å². The molecule has 6 heteroatoms. The monoisotopic (exact) mass is 377 g/mol. The minimum absolute atomic E-state index is 0.134. The van der Waals surface area contributed by atoms with Crippen LogP contribution >= 0.6 is 0 Å². The number of rotatable bonds is 4. The number of nitrogens with zero attached hydrogens (tertiary/aromatic N) is 3. The Kier molecular flexibility index (Phi) is 4.65. The molecule has 6 nitrogen and oxygen atoms in total. The van der Waals surface area contributed by atoms with Crippen molar-refractivity contribution in [2.24, 2.45) is 0 Å². The lowest BCUT2D eigenvalue weighted by molar-refractivity contribution is 0.0412. The van der Waals surface area contributed by atoms with Crippen molar-refractivity contribution in [1.29, 1.82) is 0 Å². The maximum absolute atomic E-state index is 13.0. The van der Waals surface area contributed by atoms with E-state index in [1.54, 1.807) is 29.1 Å². The van der Waals surface area contributed by atoms with Gasteiger partial charge >= 0.3 is 0 Å². The second-order valence-corrected chi connectivity index (χ2v) is 7.17. The summed E-state index contributed by atoms with van der Waals surface area (Å²) in [6.07, 6.45) is 3.77. The number of aromatic nitrogens is 2. The number of aliphatic hydroxyl groups is 1. The van der Waals surface area contributed by atoms with Gasteiger partial charge in [0.05, 0.1) is 25.4 Å². The molecule has 1 fully saturated rings. The minimum atomic E-state index is -1.01. The molecule has 144 valence electrons. The van der Waals surface area contributed by atoms with Crippen LogP contribution in [-0.2, 0) is 5.60 Å². The molecule has 1 aromatic heterocycles. The molecule has 1 saturated heterocycles. The molecule has 0 spiro atoms. The van der Waals surface area contributed by atoms with Gasteiger partial charge in [-0.1, -0.05) is 36.4 Å². The van der Waals surface area contributed by atoms with Gasteiger partial charge in [-0.25, -0.2) is 4.68 Å². The summed E-state index contributed by atoms with van der Waals surface area (Å²) in [5.41, 5.74) is 2.15. The predicted molar refractivity (Wildman–Crippen MR) is 106 cm³/mol. The molecule has 0 aliphatic carbocycles. The zero-order valence-electron chi connectivity index (χ0n) is 16.0. The van der Waals surface area contributed by atoms with Crippen LogP contribution in [0.2, 0.25) is 0 Å². The van der Waals surface area contributed by atoms with Crippen LogP contribution in [0.1, 0.15) is 27.9 Å². The Morgan fingerprint density at radius 2 is 1.93 bits per heavy atom. The van der Waals surface area contributed by atoms with Crippen LogP contribution in [0.15, 0.2) is 60.9 Å². The molecule has 0 bridgehead atoms. The number of carbonyl (C=O) groups is 1. The topological polar surface area (TPSA) is 67.6 Å². The van der Waals surface area contributed by atoms with Gasteiger partial charge in [-0.05, 0) is 36.6 Å². The highest BCUT2D eigenvalue weighted by Gasteiger charge is 2.40. The standard InChI is InChI=1S/C22H23N3O3/c1-16-7-3-4-8-18(16)22(27)11-12-24(15-22)21(26)17-13-23-25(14-17)19-9-5-6-10-20(19)28-2/h3-10,13-14,27H,11-12,15H2,1-2H3/t22-/m0/s1. The largest absolute Gasteiger partial charge is 0.494 e. The third-order valence-corrected chi connectivity index (χ3v) is 5.34. The number of ether oxygens (including phenoxy) is 1. The first-order chi connectivity index (χ1) is 13.5. The van der Waals surface area contributed by atoms with Crippen molar-refractivity contribution in [2.45, 2.75) is 18.9 Å². The van der Waals surface area contributed by atoms with Crippen LogP contribution in [-0.4, -0.2) is 45.9 Å². The summed E-state index contributed by atoms with van der Waals surface area (Å²) in [5, 5.41) is 15.5. The molecule has 0 radical (unpaired) electrons. The van der Waals surface area contributed by atoms with Crippen molar-refractivity contribution in [3.63, 3.8) is 0 Å². The van der Waals surface area contributed by atoms with Crippen LogP contribution in [0.4, 0.5) is 0 Å². The summed E-state index contributed by atoms with van der Waals surface area (Å²) in [6, 6.07) is 15.3. The maximum Gasteiger partial charge on any atom is 0.257 e. The Balaban J connectivity index is 1.55. The molecular formula is C22H23N3O3. The van der Waals surface area contributed by atoms with Gasteiger partial charge in [-0.3, -0.25) is 4.79 Å². The van der Waals surface area contributed by atoms with E-state index in [9.17, 15) is 9.90 Å². The number of carbonyl (C=O) groups excluding carboxylic acids is 1. The molecule has 2 aromatic carbocycles. The van der Waals surface area contributed by atoms with Gasteiger partial charge in [0.25, 0.3) is 5.91 Å². The normalized spacial score (nSPS) is 19.0. The Labute approximate surface area is 164 Å². The lowest BCUT2D eigenvalue weighted by Gasteiger charge is -2.25. The van der Waals surface area contributed by atoms with Gasteiger partial charge in [0.1, 0.15) is 17.0 Å². The lowest BCUT2D eigenvalue weighted by Crippen LogP contribution is -2.34. The van der Waals surface area contributed by atoms with Gasteiger partial charge in [0, 0.05) is 12.7 Å². The number of amides is 1. The molecule has 0 saturated carbocycles. The number of para-hydroxylation sites is 2. The molecule has 1 amide bonds. The Hall–Kier alpha value is -3.12. The van der Waals surface area contributed by atoms with Gasteiger partial charge in [0.15, 0.2) is 0 Å². The van der Waals surface area contributed by atoms with Gasteiger partial charge in [-0.2, -0.15) is 5.10 Å². The van der Waals surface area contributed by atoms with Crippen molar-refractivity contribution in [3.05, 3.63) is 77.6 Å². The van der Waals surface area contributed by atoms with Crippen LogP contribution in [0.5, 0.6) is 5.75 Å². The van der Waals surface area contributed by atoms with Crippen molar-refractivity contribution in [1.82, 2.24) is 14.7 Å². The fourth-order valence-electron chi connectivity index (χ4n) is 3.85. The van der Waals surface area contributed by atoms with E-state index in [4.69, 9.17) is 4.74 Å². The first kappa shape index (κ1) is 18.3. The summed E-state index contributed by atoms with van der Waals surface area (Å²) in [7, 11) is 1.60. The SMILES string of the molecule is COc1ccccc1-n1cc(C(=O)N2CC[C@@](O)(c3ccccc3C)C2)cn1. The molecule has 1 aliphatic heterocycles. The molecule has 2 heterocycles. The van der Waals surface area contributed by atoms with Crippen molar-refractivity contribution >= 4 is 5.91 Å². The minimum Gasteiger partial charge on any atom is -0.494 e. The molecule has 1 aliphatic rings. The molecule has 28 heavy (non-hydrogen) atoms. The number of benzene rings is 2. The zero-order chi connectivity index (χ0) is 19.7. The fourth-order valence-corrected chi connectivity index (χ4v) is 3.85. The quantitative estimate of drug-likeness (QED) is 0.759. The molecule has 1 N–H and O–H groups in total. The number of hydrogen-bond donors (Lipinski definition) is 1. The van der Waals surface area contributed by atoms with E-state index in [2.05, 4.69) is 5.10 Å². The van der Waals surface area contributed by atoms with Crippen LogP contribution < -0.4 is 4.74 Å². The van der Waals surface area contributed by atoms with E-state index in [1.165, 1.54) is 0 Å². The highest BCUT2D eigenvalue weighted by Crippen LogP contribution is 2.34. The second-order valence-electron chi connectivity index (χ2n) is 7.17. The van der Waals surface area contributed by atoms with Gasteiger partial charge in [-0.15, -0.1) is 0 Å². The van der Waals surface area contributed by atoms with E-state index >= 15 is 0 Å². The predicted octanol–water partition coefficient (Wildman–Crippen LogP) is 2.92. The summed E-state index contributed by atoms with van der Waals surface area (Å²) in [4.78, 5) is 14.7. The van der Waals surface area contributed by atoms with Gasteiger partial charge in [0.2, 0.25) is 0 Å². The van der Waals surface area contributed by atoms with Crippen molar-refractivity contribution in [3.8, 4) is 11.4 Å². The molecular weight excluding hydrogens is 354 g/mol. The first-order valence-electron chi connectivity index (χ1n) is 9.28. The highest BCUT2D eigenvalue weighted by atomic mass is 16.5. The molecule has 0 unspecified atom stereocenters. The summed E-state index contributed by atoms with van der Waals surface area (Å²) < 4.78 is 7.00. The smallest absolute Gasteiger partial charge is 0.257 e. The van der Waals surface area contributed by atoms with Crippen LogP contribution in [0.25, 0.3) is 5.69 Å². The second kappa shape index (κ2) is 7.13. The first-order valence-corrected chi connectivity index (χ1v) is 9.28. The van der Waals surface area contributed by atoms with E-state index < -0.39 is 5.60 Å². The summed E-state index contributed by atoms with van der Waals surface area (Å²) >= 11 is 0. The third-order valence-electron chi connectivity index (χ3n) is 5.34. The average Bonchev–Trinajstić information content (AvgIpc) is 3.35.